The van der Waals surface area contributed by atoms with E-state index >= 15 is 0 Å². The quantitative estimate of drug-likeness (QED) is 0.579. The van der Waals surface area contributed by atoms with Crippen molar-refractivity contribution in [2.45, 2.75) is 11.4 Å². The van der Waals surface area contributed by atoms with Crippen molar-refractivity contribution < 1.29 is 17.9 Å². The van der Waals surface area contributed by atoms with Gasteiger partial charge in [-0.05, 0) is 24.0 Å². The van der Waals surface area contributed by atoms with Crippen molar-refractivity contribution in [1.82, 2.24) is 5.32 Å². The number of hydrogen-bond donors (Lipinski definition) is 1. The SMILES string of the molecule is COc1cc(CNCCS(C)(=O)=O)c(SC)cc1OC. The summed E-state index contributed by atoms with van der Waals surface area (Å²) in [5, 5.41) is 3.13. The number of rotatable bonds is 8. The standard InChI is InChI=1S/C13H21NO4S2/c1-17-11-7-10(9-14-5-6-20(4,15)16)13(19-3)8-12(11)18-2/h7-8,14H,5-6,9H2,1-4H3. The van der Waals surface area contributed by atoms with Crippen LogP contribution in [0.3, 0.4) is 0 Å². The van der Waals surface area contributed by atoms with Gasteiger partial charge in [0.15, 0.2) is 11.5 Å². The maximum absolute atomic E-state index is 11.1. The molecule has 7 heteroatoms. The third-order valence-corrected chi connectivity index (χ3v) is 4.52. The smallest absolute Gasteiger partial charge is 0.161 e. The van der Waals surface area contributed by atoms with Crippen LogP contribution in [0.2, 0.25) is 0 Å². The lowest BCUT2D eigenvalue weighted by molar-refractivity contribution is 0.353. The lowest BCUT2D eigenvalue weighted by Gasteiger charge is -2.14. The van der Waals surface area contributed by atoms with Crippen LogP contribution in [-0.4, -0.2) is 47.4 Å². The predicted molar refractivity (Wildman–Crippen MR) is 82.7 cm³/mol. The van der Waals surface area contributed by atoms with Gasteiger partial charge in [0.05, 0.1) is 20.0 Å². The third kappa shape index (κ3) is 5.22. The Bertz CT molecular complexity index is 544. The first-order valence-corrected chi connectivity index (χ1v) is 9.37. The van der Waals surface area contributed by atoms with Crippen molar-refractivity contribution >= 4 is 21.6 Å². The summed E-state index contributed by atoms with van der Waals surface area (Å²) in [6.45, 7) is 1.02. The minimum absolute atomic E-state index is 0.134. The highest BCUT2D eigenvalue weighted by Crippen LogP contribution is 2.34. The normalized spacial score (nSPS) is 11.4. The van der Waals surface area contributed by atoms with E-state index in [9.17, 15) is 8.42 Å². The van der Waals surface area contributed by atoms with Crippen LogP contribution in [0.5, 0.6) is 11.5 Å². The summed E-state index contributed by atoms with van der Waals surface area (Å²) in [5.74, 6) is 1.50. The molecule has 0 atom stereocenters. The molecule has 0 aromatic heterocycles. The van der Waals surface area contributed by atoms with Crippen molar-refractivity contribution in [2.75, 3.05) is 39.0 Å². The Morgan fingerprint density at radius 2 is 1.80 bits per heavy atom. The average Bonchev–Trinajstić information content (AvgIpc) is 2.41. The summed E-state index contributed by atoms with van der Waals surface area (Å²) in [4.78, 5) is 1.08. The second kappa shape index (κ2) is 7.75. The van der Waals surface area contributed by atoms with Crippen molar-refractivity contribution in [3.63, 3.8) is 0 Å². The van der Waals surface area contributed by atoms with Gasteiger partial charge >= 0.3 is 0 Å². The zero-order valence-electron chi connectivity index (χ0n) is 12.2. The Morgan fingerprint density at radius 3 is 2.30 bits per heavy atom. The number of methoxy groups -OCH3 is 2. The van der Waals surface area contributed by atoms with Crippen molar-refractivity contribution in [3.8, 4) is 11.5 Å². The predicted octanol–water partition coefficient (Wildman–Crippen LogP) is 1.56. The molecule has 0 aliphatic heterocycles. The second-order valence-electron chi connectivity index (χ2n) is 4.33. The molecule has 0 spiro atoms. The van der Waals surface area contributed by atoms with Crippen LogP contribution < -0.4 is 14.8 Å². The van der Waals surface area contributed by atoms with E-state index in [4.69, 9.17) is 9.47 Å². The van der Waals surface area contributed by atoms with Gasteiger partial charge in [-0.1, -0.05) is 0 Å². The first-order chi connectivity index (χ1) is 9.41. The van der Waals surface area contributed by atoms with Gasteiger partial charge in [-0.2, -0.15) is 0 Å². The highest BCUT2D eigenvalue weighted by Gasteiger charge is 2.10. The molecule has 5 nitrogen and oxygen atoms in total. The number of hydrogen-bond acceptors (Lipinski definition) is 6. The molecule has 0 unspecified atom stereocenters. The molecule has 0 saturated heterocycles. The van der Waals surface area contributed by atoms with Crippen LogP contribution in [0.4, 0.5) is 0 Å². The molecular weight excluding hydrogens is 298 g/mol. The topological polar surface area (TPSA) is 64.6 Å². The summed E-state index contributed by atoms with van der Waals surface area (Å²) in [5.41, 5.74) is 1.06. The Balaban J connectivity index is 2.78. The van der Waals surface area contributed by atoms with E-state index in [0.717, 1.165) is 10.5 Å². The molecule has 114 valence electrons. The van der Waals surface area contributed by atoms with Gasteiger partial charge in [0.1, 0.15) is 9.84 Å². The molecule has 0 aliphatic rings. The first-order valence-electron chi connectivity index (χ1n) is 6.08. The fraction of sp³-hybridized carbons (Fsp3) is 0.538. The molecular formula is C13H21NO4S2. The van der Waals surface area contributed by atoms with Crippen LogP contribution >= 0.6 is 11.8 Å². The molecule has 20 heavy (non-hydrogen) atoms. The maximum atomic E-state index is 11.1. The van der Waals surface area contributed by atoms with E-state index in [0.29, 0.717) is 24.6 Å². The van der Waals surface area contributed by atoms with E-state index in [1.54, 1.807) is 26.0 Å². The van der Waals surface area contributed by atoms with Gasteiger partial charge < -0.3 is 14.8 Å². The minimum atomic E-state index is -2.93. The zero-order chi connectivity index (χ0) is 15.2. The van der Waals surface area contributed by atoms with Gasteiger partial charge in [0.2, 0.25) is 0 Å². The van der Waals surface area contributed by atoms with E-state index in [1.165, 1.54) is 6.26 Å². The Morgan fingerprint density at radius 1 is 1.20 bits per heavy atom. The van der Waals surface area contributed by atoms with Crippen LogP contribution in [0.15, 0.2) is 17.0 Å². The van der Waals surface area contributed by atoms with Gasteiger partial charge in [-0.15, -0.1) is 11.8 Å². The summed E-state index contributed by atoms with van der Waals surface area (Å²) < 4.78 is 32.7. The van der Waals surface area contributed by atoms with Gasteiger partial charge in [-0.3, -0.25) is 0 Å². The van der Waals surface area contributed by atoms with Gasteiger partial charge in [0, 0.05) is 24.2 Å². The molecule has 1 aromatic carbocycles. The fourth-order valence-corrected chi connectivity index (χ4v) is 2.84. The monoisotopic (exact) mass is 319 g/mol. The first kappa shape index (κ1) is 17.1. The fourth-order valence-electron chi connectivity index (χ4n) is 1.71. The van der Waals surface area contributed by atoms with E-state index in [2.05, 4.69) is 5.32 Å². The minimum Gasteiger partial charge on any atom is -0.493 e. The number of sulfone groups is 1. The summed E-state index contributed by atoms with van der Waals surface area (Å²) in [6, 6.07) is 3.84. The number of benzene rings is 1. The van der Waals surface area contributed by atoms with Crippen molar-refractivity contribution in [1.29, 1.82) is 0 Å². The summed E-state index contributed by atoms with van der Waals surface area (Å²) >= 11 is 1.61. The highest BCUT2D eigenvalue weighted by molar-refractivity contribution is 7.98. The van der Waals surface area contributed by atoms with Crippen molar-refractivity contribution in [2.24, 2.45) is 0 Å². The largest absolute Gasteiger partial charge is 0.493 e. The summed E-state index contributed by atoms with van der Waals surface area (Å²) in [6.07, 6.45) is 3.22. The molecule has 0 amide bonds. The average molecular weight is 319 g/mol. The molecule has 1 N–H and O–H groups in total. The van der Waals surface area contributed by atoms with Gasteiger partial charge in [-0.25, -0.2) is 8.42 Å². The van der Waals surface area contributed by atoms with Crippen LogP contribution in [0.1, 0.15) is 5.56 Å². The Labute approximate surface area is 125 Å². The molecule has 0 aliphatic carbocycles. The van der Waals surface area contributed by atoms with E-state index in [-0.39, 0.29) is 5.75 Å². The molecule has 1 aromatic rings. The van der Waals surface area contributed by atoms with Crippen LogP contribution in [0.25, 0.3) is 0 Å². The molecule has 0 bridgehead atoms. The van der Waals surface area contributed by atoms with Crippen LogP contribution in [0, 0.1) is 0 Å². The molecule has 0 radical (unpaired) electrons. The van der Waals surface area contributed by atoms with Crippen LogP contribution in [-0.2, 0) is 16.4 Å². The Kier molecular flexibility index (Phi) is 6.64. The van der Waals surface area contributed by atoms with Crippen molar-refractivity contribution in [3.05, 3.63) is 17.7 Å². The molecule has 1 rings (SSSR count). The lowest BCUT2D eigenvalue weighted by atomic mass is 10.2. The molecule has 0 fully saturated rings. The zero-order valence-corrected chi connectivity index (χ0v) is 13.9. The lowest BCUT2D eigenvalue weighted by Crippen LogP contribution is -2.22. The number of nitrogens with one attached hydrogen (secondary N) is 1. The Hall–Kier alpha value is -0.920. The van der Waals surface area contributed by atoms with E-state index < -0.39 is 9.84 Å². The maximum Gasteiger partial charge on any atom is 0.161 e. The number of ether oxygens (including phenoxy) is 2. The second-order valence-corrected chi connectivity index (χ2v) is 7.43. The molecule has 0 saturated carbocycles. The molecule has 0 heterocycles. The summed E-state index contributed by atoms with van der Waals surface area (Å²) in [7, 11) is 0.268. The van der Waals surface area contributed by atoms with E-state index in [1.807, 2.05) is 18.4 Å². The van der Waals surface area contributed by atoms with Gasteiger partial charge in [0.25, 0.3) is 0 Å². The highest BCUT2D eigenvalue weighted by atomic mass is 32.2. The number of thioether (sulfide) groups is 1. The third-order valence-electron chi connectivity index (χ3n) is 2.75.